The van der Waals surface area contributed by atoms with Crippen LogP contribution in [0.2, 0.25) is 0 Å². The molecule has 1 aromatic carbocycles. The summed E-state index contributed by atoms with van der Waals surface area (Å²) in [5, 5.41) is 4.06. The third kappa shape index (κ3) is 2.78. The minimum absolute atomic E-state index is 0.426. The molecule has 0 aromatic heterocycles. The van der Waals surface area contributed by atoms with E-state index >= 15 is 0 Å². The van der Waals surface area contributed by atoms with Gasteiger partial charge in [0.2, 0.25) is 0 Å². The molecule has 2 atom stereocenters. The lowest BCUT2D eigenvalue weighted by Gasteiger charge is -2.29. The standard InChI is InChI=1S/C13H19NOS/c1-10-7-8-16-13(14-10)12-6-4-3-5-11(12)9-15-2/h3-6,10,13-14H,7-9H2,1-2H3. The normalized spacial score (nSPS) is 25.6. The Hall–Kier alpha value is -0.510. The summed E-state index contributed by atoms with van der Waals surface area (Å²) in [7, 11) is 1.75. The lowest BCUT2D eigenvalue weighted by molar-refractivity contribution is 0.184. The van der Waals surface area contributed by atoms with Gasteiger partial charge in [-0.05, 0) is 30.2 Å². The molecule has 1 heterocycles. The largest absolute Gasteiger partial charge is 0.380 e. The number of nitrogens with one attached hydrogen (secondary N) is 1. The van der Waals surface area contributed by atoms with E-state index in [1.807, 2.05) is 11.8 Å². The minimum atomic E-state index is 0.426. The maximum atomic E-state index is 5.25. The molecule has 1 N–H and O–H groups in total. The highest BCUT2D eigenvalue weighted by Crippen LogP contribution is 2.33. The van der Waals surface area contributed by atoms with Crippen molar-refractivity contribution < 1.29 is 4.74 Å². The summed E-state index contributed by atoms with van der Waals surface area (Å²) >= 11 is 1.99. The minimum Gasteiger partial charge on any atom is -0.380 e. The summed E-state index contributed by atoms with van der Waals surface area (Å²) in [6.07, 6.45) is 1.26. The second kappa shape index (κ2) is 5.71. The third-order valence-electron chi connectivity index (χ3n) is 2.91. The Morgan fingerprint density at radius 1 is 1.44 bits per heavy atom. The molecule has 3 heteroatoms. The Kier molecular flexibility index (Phi) is 4.27. The first-order chi connectivity index (χ1) is 7.81. The number of ether oxygens (including phenoxy) is 1. The number of benzene rings is 1. The van der Waals surface area contributed by atoms with E-state index in [0.29, 0.717) is 18.0 Å². The van der Waals surface area contributed by atoms with Crippen LogP contribution in [-0.4, -0.2) is 18.9 Å². The predicted octanol–water partition coefficient (Wildman–Crippen LogP) is 2.95. The van der Waals surface area contributed by atoms with E-state index in [1.54, 1.807) is 7.11 Å². The SMILES string of the molecule is COCc1ccccc1C1NC(C)CCS1. The lowest BCUT2D eigenvalue weighted by Crippen LogP contribution is -2.34. The van der Waals surface area contributed by atoms with Crippen molar-refractivity contribution in [3.8, 4) is 0 Å². The number of hydrogen-bond acceptors (Lipinski definition) is 3. The quantitative estimate of drug-likeness (QED) is 0.873. The van der Waals surface area contributed by atoms with E-state index in [1.165, 1.54) is 23.3 Å². The zero-order valence-electron chi connectivity index (χ0n) is 9.90. The molecule has 1 saturated heterocycles. The van der Waals surface area contributed by atoms with Gasteiger partial charge in [-0.3, -0.25) is 5.32 Å². The van der Waals surface area contributed by atoms with Crippen molar-refractivity contribution in [1.29, 1.82) is 0 Å². The summed E-state index contributed by atoms with van der Waals surface area (Å²) in [6.45, 7) is 2.95. The number of methoxy groups -OCH3 is 1. The molecule has 2 nitrogen and oxygen atoms in total. The highest BCUT2D eigenvalue weighted by molar-refractivity contribution is 7.99. The van der Waals surface area contributed by atoms with Gasteiger partial charge in [0.1, 0.15) is 0 Å². The molecule has 1 aliphatic rings. The third-order valence-corrected chi connectivity index (χ3v) is 4.10. The van der Waals surface area contributed by atoms with E-state index in [2.05, 4.69) is 36.5 Å². The van der Waals surface area contributed by atoms with Gasteiger partial charge in [-0.15, -0.1) is 11.8 Å². The van der Waals surface area contributed by atoms with Crippen LogP contribution in [0.4, 0.5) is 0 Å². The van der Waals surface area contributed by atoms with Crippen LogP contribution in [0.1, 0.15) is 29.8 Å². The van der Waals surface area contributed by atoms with Crippen molar-refractivity contribution in [3.05, 3.63) is 35.4 Å². The molecule has 16 heavy (non-hydrogen) atoms. The number of thioether (sulfide) groups is 1. The molecule has 0 aliphatic carbocycles. The van der Waals surface area contributed by atoms with Crippen molar-refractivity contribution >= 4 is 11.8 Å². The first-order valence-corrected chi connectivity index (χ1v) is 6.80. The lowest BCUT2D eigenvalue weighted by atomic mass is 10.1. The number of hydrogen-bond donors (Lipinski definition) is 1. The molecule has 0 spiro atoms. The van der Waals surface area contributed by atoms with Crippen molar-refractivity contribution in [2.24, 2.45) is 0 Å². The molecule has 88 valence electrons. The van der Waals surface area contributed by atoms with Crippen LogP contribution < -0.4 is 5.32 Å². The molecular formula is C13H19NOS. The van der Waals surface area contributed by atoms with Gasteiger partial charge >= 0.3 is 0 Å². The Labute approximate surface area is 102 Å². The second-order valence-electron chi connectivity index (χ2n) is 4.24. The molecule has 1 aromatic rings. The molecule has 0 saturated carbocycles. The van der Waals surface area contributed by atoms with E-state index in [-0.39, 0.29) is 0 Å². The summed E-state index contributed by atoms with van der Waals surface area (Å²) in [5.74, 6) is 1.24. The molecule has 1 aliphatic heterocycles. The van der Waals surface area contributed by atoms with Crippen molar-refractivity contribution in [3.63, 3.8) is 0 Å². The van der Waals surface area contributed by atoms with Gasteiger partial charge in [0, 0.05) is 13.2 Å². The second-order valence-corrected chi connectivity index (χ2v) is 5.45. The van der Waals surface area contributed by atoms with E-state index in [9.17, 15) is 0 Å². The van der Waals surface area contributed by atoms with Crippen molar-refractivity contribution in [1.82, 2.24) is 5.32 Å². The van der Waals surface area contributed by atoms with Gasteiger partial charge < -0.3 is 4.74 Å². The molecule has 2 unspecified atom stereocenters. The Morgan fingerprint density at radius 3 is 3.00 bits per heavy atom. The van der Waals surface area contributed by atoms with Crippen LogP contribution in [-0.2, 0) is 11.3 Å². The smallest absolute Gasteiger partial charge is 0.0794 e. The Balaban J connectivity index is 2.17. The molecule has 0 amide bonds. The zero-order valence-corrected chi connectivity index (χ0v) is 10.7. The van der Waals surface area contributed by atoms with Gasteiger partial charge in [-0.1, -0.05) is 24.3 Å². The Morgan fingerprint density at radius 2 is 2.25 bits per heavy atom. The predicted molar refractivity (Wildman–Crippen MR) is 69.6 cm³/mol. The fourth-order valence-corrected chi connectivity index (χ4v) is 3.47. The zero-order chi connectivity index (χ0) is 11.4. The molecule has 0 radical (unpaired) electrons. The summed E-state index contributed by atoms with van der Waals surface area (Å²) in [6, 6.07) is 9.16. The Bertz CT molecular complexity index is 342. The summed E-state index contributed by atoms with van der Waals surface area (Å²) in [4.78, 5) is 0. The number of rotatable bonds is 3. The summed E-state index contributed by atoms with van der Waals surface area (Å²) < 4.78 is 5.25. The van der Waals surface area contributed by atoms with Gasteiger partial charge in [-0.25, -0.2) is 0 Å². The maximum Gasteiger partial charge on any atom is 0.0794 e. The molecular weight excluding hydrogens is 218 g/mol. The topological polar surface area (TPSA) is 21.3 Å². The average Bonchev–Trinajstić information content (AvgIpc) is 2.30. The van der Waals surface area contributed by atoms with Crippen LogP contribution in [0.3, 0.4) is 0 Å². The molecule has 1 fully saturated rings. The van der Waals surface area contributed by atoms with Crippen molar-refractivity contribution in [2.45, 2.75) is 31.4 Å². The van der Waals surface area contributed by atoms with Crippen LogP contribution >= 0.6 is 11.8 Å². The average molecular weight is 237 g/mol. The first kappa shape index (κ1) is 12.0. The maximum absolute atomic E-state index is 5.25. The van der Waals surface area contributed by atoms with Crippen LogP contribution in [0.15, 0.2) is 24.3 Å². The monoisotopic (exact) mass is 237 g/mol. The fourth-order valence-electron chi connectivity index (χ4n) is 2.01. The van der Waals surface area contributed by atoms with E-state index in [0.717, 1.165) is 0 Å². The van der Waals surface area contributed by atoms with Gasteiger partial charge in [0.15, 0.2) is 0 Å². The van der Waals surface area contributed by atoms with Crippen LogP contribution in [0.5, 0.6) is 0 Å². The van der Waals surface area contributed by atoms with Crippen LogP contribution in [0.25, 0.3) is 0 Å². The summed E-state index contributed by atoms with van der Waals surface area (Å²) in [5.41, 5.74) is 2.67. The highest BCUT2D eigenvalue weighted by Gasteiger charge is 2.21. The van der Waals surface area contributed by atoms with Crippen LogP contribution in [0, 0.1) is 0 Å². The van der Waals surface area contributed by atoms with Gasteiger partial charge in [-0.2, -0.15) is 0 Å². The first-order valence-electron chi connectivity index (χ1n) is 5.75. The fraction of sp³-hybridized carbons (Fsp3) is 0.538. The van der Waals surface area contributed by atoms with Crippen molar-refractivity contribution in [2.75, 3.05) is 12.9 Å². The highest BCUT2D eigenvalue weighted by atomic mass is 32.2. The van der Waals surface area contributed by atoms with E-state index in [4.69, 9.17) is 4.74 Å². The van der Waals surface area contributed by atoms with Gasteiger partial charge in [0.25, 0.3) is 0 Å². The molecule has 0 bridgehead atoms. The van der Waals surface area contributed by atoms with Gasteiger partial charge in [0.05, 0.1) is 12.0 Å². The molecule has 2 rings (SSSR count). The van der Waals surface area contributed by atoms with E-state index < -0.39 is 0 Å².